The molecule has 1 amide bonds. The fourth-order valence-electron chi connectivity index (χ4n) is 3.80. The first-order valence-electron chi connectivity index (χ1n) is 9.31. The smallest absolute Gasteiger partial charge is 0.253 e. The van der Waals surface area contributed by atoms with Crippen LogP contribution in [0.1, 0.15) is 46.1 Å². The number of imidazole rings is 1. The third kappa shape index (κ3) is 3.52. The number of halogens is 1. The summed E-state index contributed by atoms with van der Waals surface area (Å²) >= 11 is 5.99. The number of carbonyl (C=O) groups excluding carboxylic acids is 1. The van der Waals surface area contributed by atoms with Crippen molar-refractivity contribution in [3.8, 4) is 5.69 Å². The number of hydrogen-bond donors (Lipinski definition) is 1. The van der Waals surface area contributed by atoms with Gasteiger partial charge in [0.1, 0.15) is 5.82 Å². The Hall–Kier alpha value is -2.53. The number of aryl methyl sites for hydroxylation is 3. The van der Waals surface area contributed by atoms with Crippen LogP contribution in [0.3, 0.4) is 0 Å². The number of benzene rings is 1. The molecule has 0 saturated heterocycles. The molecule has 27 heavy (non-hydrogen) atoms. The van der Waals surface area contributed by atoms with Crippen molar-refractivity contribution in [2.45, 2.75) is 46.2 Å². The normalized spacial score (nSPS) is 13.4. The summed E-state index contributed by atoms with van der Waals surface area (Å²) in [5, 5.41) is 3.71. The minimum atomic E-state index is -0.0747. The lowest BCUT2D eigenvalue weighted by atomic mass is 10.2. The highest BCUT2D eigenvalue weighted by atomic mass is 35.5. The summed E-state index contributed by atoms with van der Waals surface area (Å²) < 4.78 is 4.28. The molecule has 0 aliphatic carbocycles. The maximum Gasteiger partial charge on any atom is 0.253 e. The van der Waals surface area contributed by atoms with E-state index in [1.807, 2.05) is 44.2 Å². The third-order valence-electron chi connectivity index (χ3n) is 5.15. The Balaban J connectivity index is 1.51. The Bertz CT molecular complexity index is 961. The van der Waals surface area contributed by atoms with Gasteiger partial charge in [0.15, 0.2) is 0 Å². The molecule has 4 rings (SSSR count). The second kappa shape index (κ2) is 7.24. The molecule has 0 unspecified atom stereocenters. The van der Waals surface area contributed by atoms with Crippen LogP contribution in [0, 0.1) is 13.8 Å². The zero-order chi connectivity index (χ0) is 19.0. The molecule has 1 aliphatic heterocycles. The molecule has 0 bridgehead atoms. The number of fused-ring (bicyclic) bond motifs is 1. The standard InChI is InChI=1S/C21H23ClN4O/c1-14-11-19(15(2)26(14)18-8-6-16(22)7-9-18)21(27)23-12-17-13-25-10-4-3-5-20(25)24-17/h6-9,11,13H,3-5,10,12H2,1-2H3,(H,23,27). The monoisotopic (exact) mass is 382 g/mol. The van der Waals surface area contributed by atoms with Gasteiger partial charge in [0.25, 0.3) is 5.91 Å². The average Bonchev–Trinajstić information content (AvgIpc) is 3.21. The molecule has 3 heterocycles. The van der Waals surface area contributed by atoms with Crippen molar-refractivity contribution in [1.29, 1.82) is 0 Å². The molecule has 1 aromatic carbocycles. The first-order valence-corrected chi connectivity index (χ1v) is 9.69. The van der Waals surface area contributed by atoms with E-state index in [1.54, 1.807) is 0 Å². The van der Waals surface area contributed by atoms with E-state index >= 15 is 0 Å². The lowest BCUT2D eigenvalue weighted by Crippen LogP contribution is -2.23. The van der Waals surface area contributed by atoms with E-state index in [4.69, 9.17) is 11.6 Å². The SMILES string of the molecule is Cc1cc(C(=O)NCc2cn3c(n2)CCCC3)c(C)n1-c1ccc(Cl)cc1. The first-order chi connectivity index (χ1) is 13.0. The topological polar surface area (TPSA) is 51.9 Å². The van der Waals surface area contributed by atoms with Crippen LogP contribution in [-0.2, 0) is 19.5 Å². The highest BCUT2D eigenvalue weighted by Crippen LogP contribution is 2.22. The molecule has 0 fully saturated rings. The van der Waals surface area contributed by atoms with Gasteiger partial charge in [-0.25, -0.2) is 4.98 Å². The van der Waals surface area contributed by atoms with Crippen molar-refractivity contribution >= 4 is 17.5 Å². The second-order valence-electron chi connectivity index (χ2n) is 7.08. The average molecular weight is 383 g/mol. The van der Waals surface area contributed by atoms with Crippen molar-refractivity contribution in [2.75, 3.05) is 0 Å². The Morgan fingerprint density at radius 3 is 2.74 bits per heavy atom. The van der Waals surface area contributed by atoms with Crippen LogP contribution in [0.4, 0.5) is 0 Å². The van der Waals surface area contributed by atoms with Crippen molar-refractivity contribution < 1.29 is 4.79 Å². The van der Waals surface area contributed by atoms with Gasteiger partial charge in [-0.05, 0) is 57.0 Å². The molecule has 0 atom stereocenters. The number of nitrogens with zero attached hydrogens (tertiary/aromatic N) is 3. The van der Waals surface area contributed by atoms with Gasteiger partial charge in [0.05, 0.1) is 17.8 Å². The summed E-state index contributed by atoms with van der Waals surface area (Å²) in [6, 6.07) is 9.56. The molecule has 0 spiro atoms. The van der Waals surface area contributed by atoms with E-state index in [0.29, 0.717) is 17.1 Å². The minimum Gasteiger partial charge on any atom is -0.346 e. The van der Waals surface area contributed by atoms with E-state index in [0.717, 1.165) is 41.6 Å². The van der Waals surface area contributed by atoms with Crippen molar-refractivity contribution in [1.82, 2.24) is 19.4 Å². The molecule has 6 heteroatoms. The highest BCUT2D eigenvalue weighted by molar-refractivity contribution is 6.30. The van der Waals surface area contributed by atoms with Crippen LogP contribution in [-0.4, -0.2) is 20.0 Å². The fourth-order valence-corrected chi connectivity index (χ4v) is 3.93. The summed E-state index contributed by atoms with van der Waals surface area (Å²) in [6.45, 7) is 5.44. The van der Waals surface area contributed by atoms with Gasteiger partial charge in [-0.3, -0.25) is 4.79 Å². The van der Waals surface area contributed by atoms with Gasteiger partial charge in [0.2, 0.25) is 0 Å². The maximum atomic E-state index is 12.8. The summed E-state index contributed by atoms with van der Waals surface area (Å²) in [6.07, 6.45) is 5.48. The molecule has 1 aliphatic rings. The Labute approximate surface area is 164 Å². The van der Waals surface area contributed by atoms with Crippen LogP contribution in [0.2, 0.25) is 5.02 Å². The number of amides is 1. The predicted molar refractivity (Wildman–Crippen MR) is 107 cm³/mol. The summed E-state index contributed by atoms with van der Waals surface area (Å²) in [4.78, 5) is 17.4. The maximum absolute atomic E-state index is 12.8. The van der Waals surface area contributed by atoms with Crippen molar-refractivity contribution in [3.63, 3.8) is 0 Å². The van der Waals surface area contributed by atoms with E-state index < -0.39 is 0 Å². The van der Waals surface area contributed by atoms with Gasteiger partial charge in [-0.15, -0.1) is 0 Å². The molecular weight excluding hydrogens is 360 g/mol. The van der Waals surface area contributed by atoms with Crippen LogP contribution in [0.15, 0.2) is 36.5 Å². The number of rotatable bonds is 4. The number of aromatic nitrogens is 3. The molecule has 2 aromatic heterocycles. The molecule has 3 aromatic rings. The van der Waals surface area contributed by atoms with Crippen molar-refractivity contribution in [2.24, 2.45) is 0 Å². The largest absolute Gasteiger partial charge is 0.346 e. The number of carbonyl (C=O) groups is 1. The quantitative estimate of drug-likeness (QED) is 0.734. The summed E-state index contributed by atoms with van der Waals surface area (Å²) in [5.74, 6) is 1.06. The van der Waals surface area contributed by atoms with Gasteiger partial charge < -0.3 is 14.5 Å². The minimum absolute atomic E-state index is 0.0747. The summed E-state index contributed by atoms with van der Waals surface area (Å²) in [7, 11) is 0. The third-order valence-corrected chi connectivity index (χ3v) is 5.40. The Morgan fingerprint density at radius 2 is 2.00 bits per heavy atom. The van der Waals surface area contributed by atoms with Gasteiger partial charge in [-0.2, -0.15) is 0 Å². The molecule has 0 saturated carbocycles. The lowest BCUT2D eigenvalue weighted by Gasteiger charge is -2.11. The molecule has 1 N–H and O–H groups in total. The second-order valence-corrected chi connectivity index (χ2v) is 7.51. The highest BCUT2D eigenvalue weighted by Gasteiger charge is 2.18. The van der Waals surface area contributed by atoms with Crippen molar-refractivity contribution in [3.05, 3.63) is 70.0 Å². The van der Waals surface area contributed by atoms with Gasteiger partial charge in [0, 0.05) is 41.3 Å². The molecule has 5 nitrogen and oxygen atoms in total. The Morgan fingerprint density at radius 1 is 1.22 bits per heavy atom. The zero-order valence-corrected chi connectivity index (χ0v) is 16.4. The predicted octanol–water partition coefficient (Wildman–Crippen LogP) is 4.21. The van der Waals surface area contributed by atoms with E-state index in [2.05, 4.69) is 25.6 Å². The zero-order valence-electron chi connectivity index (χ0n) is 15.6. The van der Waals surface area contributed by atoms with E-state index in [-0.39, 0.29) is 5.91 Å². The van der Waals surface area contributed by atoms with E-state index in [9.17, 15) is 4.79 Å². The number of nitrogens with one attached hydrogen (secondary N) is 1. The van der Waals surface area contributed by atoms with Crippen LogP contribution in [0.5, 0.6) is 0 Å². The molecule has 0 radical (unpaired) electrons. The number of hydrogen-bond acceptors (Lipinski definition) is 2. The van der Waals surface area contributed by atoms with Gasteiger partial charge >= 0.3 is 0 Å². The fraction of sp³-hybridized carbons (Fsp3) is 0.333. The first kappa shape index (κ1) is 17.9. The Kier molecular flexibility index (Phi) is 4.79. The van der Waals surface area contributed by atoms with Gasteiger partial charge in [-0.1, -0.05) is 11.6 Å². The lowest BCUT2D eigenvalue weighted by molar-refractivity contribution is 0.0950. The van der Waals surface area contributed by atoms with E-state index in [1.165, 1.54) is 12.8 Å². The summed E-state index contributed by atoms with van der Waals surface area (Å²) in [5.41, 5.74) is 4.53. The van der Waals surface area contributed by atoms with Crippen LogP contribution < -0.4 is 5.32 Å². The molecular formula is C21H23ClN4O. The molecule has 140 valence electrons. The van der Waals surface area contributed by atoms with Crippen LogP contribution >= 0.6 is 11.6 Å². The van der Waals surface area contributed by atoms with Crippen LogP contribution in [0.25, 0.3) is 5.69 Å².